The molecule has 2 aliphatic rings. The molecule has 2 N–H and O–H groups in total. The predicted octanol–water partition coefficient (Wildman–Crippen LogP) is 3.39. The Morgan fingerprint density at radius 1 is 1.10 bits per heavy atom. The Bertz CT molecular complexity index is 1770. The lowest BCUT2D eigenvalue weighted by Gasteiger charge is -2.29. The van der Waals surface area contributed by atoms with Crippen molar-refractivity contribution < 1.29 is 24.5 Å². The second kappa shape index (κ2) is 11.6. The number of carboxylic acid groups (broad SMARTS) is 2. The number of hydrogen-bond acceptors (Lipinski definition) is 7. The number of aryl methyl sites for hydroxylation is 1. The van der Waals surface area contributed by atoms with Crippen molar-refractivity contribution in [2.45, 2.75) is 19.3 Å². The van der Waals surface area contributed by atoms with Crippen LogP contribution in [0, 0.1) is 24.2 Å². The lowest BCUT2D eigenvalue weighted by molar-refractivity contribution is -0.134. The van der Waals surface area contributed by atoms with Crippen LogP contribution in [0.3, 0.4) is 0 Å². The zero-order valence-corrected chi connectivity index (χ0v) is 22.4. The zero-order valence-electron chi connectivity index (χ0n) is 22.4. The van der Waals surface area contributed by atoms with Crippen molar-refractivity contribution in [3.05, 3.63) is 99.6 Å². The molecule has 1 saturated heterocycles. The van der Waals surface area contributed by atoms with Crippen molar-refractivity contribution in [1.82, 2.24) is 14.3 Å². The van der Waals surface area contributed by atoms with Crippen LogP contribution in [0.15, 0.2) is 71.7 Å². The molecular formula is C31H28N4O6. The van der Waals surface area contributed by atoms with Crippen molar-refractivity contribution in [2.24, 2.45) is 5.92 Å². The molecule has 4 heterocycles. The maximum absolute atomic E-state index is 13.2. The number of carboxylic acids is 2. The van der Waals surface area contributed by atoms with Gasteiger partial charge >= 0.3 is 11.9 Å². The van der Waals surface area contributed by atoms with E-state index in [9.17, 15) is 19.6 Å². The first-order chi connectivity index (χ1) is 19.7. The standard InChI is InChI=1S/C27H24N4O2.C4H4O4/c1-17-21(27(32)31-13-18(12-28)6-9-25(31)29-17)10-11-30-14-20-16-33-24-8-7-19-4-2-3-5-22(19)26(24)23(20)15-30;5-3(6)1-2-4(7)8/h2-9,13,20,23H,10-11,14-16H2,1H3;1-2H,(H,5,6)(H,7,8)/b;2-1+/t20-,23-;/m1./s1. The Labute approximate surface area is 235 Å². The first-order valence-corrected chi connectivity index (χ1v) is 13.2. The van der Waals surface area contributed by atoms with Gasteiger partial charge in [-0.15, -0.1) is 0 Å². The first kappa shape index (κ1) is 27.6. The number of hydrogen-bond donors (Lipinski definition) is 2. The molecule has 0 saturated carbocycles. The molecular weight excluding hydrogens is 524 g/mol. The second-order valence-electron chi connectivity index (χ2n) is 10.1. The predicted molar refractivity (Wildman–Crippen MR) is 151 cm³/mol. The number of aromatic nitrogens is 2. The Hall–Kier alpha value is -5.01. The molecule has 2 aliphatic heterocycles. The molecule has 2 aromatic carbocycles. The van der Waals surface area contributed by atoms with Gasteiger partial charge in [-0.1, -0.05) is 30.3 Å². The Kier molecular flexibility index (Phi) is 7.81. The summed E-state index contributed by atoms with van der Waals surface area (Å²) >= 11 is 0. The van der Waals surface area contributed by atoms with Gasteiger partial charge in [0.05, 0.1) is 12.2 Å². The number of pyridine rings is 1. The molecule has 2 aromatic heterocycles. The monoisotopic (exact) mass is 552 g/mol. The maximum Gasteiger partial charge on any atom is 0.328 e. The van der Waals surface area contributed by atoms with E-state index >= 15 is 0 Å². The van der Waals surface area contributed by atoms with Gasteiger partial charge in [0.25, 0.3) is 5.56 Å². The van der Waals surface area contributed by atoms with Crippen LogP contribution >= 0.6 is 0 Å². The molecule has 0 aliphatic carbocycles. The Morgan fingerprint density at radius 3 is 2.59 bits per heavy atom. The summed E-state index contributed by atoms with van der Waals surface area (Å²) in [6.45, 7) is 5.37. The number of aliphatic carboxylic acids is 2. The fourth-order valence-electron chi connectivity index (χ4n) is 5.67. The number of fused-ring (bicyclic) bond motifs is 6. The Balaban J connectivity index is 0.000000372. The van der Waals surface area contributed by atoms with Crippen molar-refractivity contribution in [1.29, 1.82) is 5.26 Å². The second-order valence-corrected chi connectivity index (χ2v) is 10.1. The molecule has 10 heteroatoms. The van der Waals surface area contributed by atoms with E-state index in [1.165, 1.54) is 20.7 Å². The fraction of sp³-hybridized carbons (Fsp3) is 0.258. The highest BCUT2D eigenvalue weighted by molar-refractivity contribution is 5.90. The summed E-state index contributed by atoms with van der Waals surface area (Å²) in [5.74, 6) is -0.605. The topological polar surface area (TPSA) is 145 Å². The average molecular weight is 553 g/mol. The molecule has 0 bridgehead atoms. The molecule has 4 aromatic rings. The van der Waals surface area contributed by atoms with Crippen LogP contribution in [0.2, 0.25) is 0 Å². The van der Waals surface area contributed by atoms with Gasteiger partial charge < -0.3 is 19.8 Å². The molecule has 208 valence electrons. The van der Waals surface area contributed by atoms with Crippen LogP contribution in [0.1, 0.15) is 28.3 Å². The van der Waals surface area contributed by atoms with Crippen LogP contribution in [0.4, 0.5) is 0 Å². The van der Waals surface area contributed by atoms with Gasteiger partial charge in [-0.3, -0.25) is 9.20 Å². The molecule has 0 radical (unpaired) electrons. The van der Waals surface area contributed by atoms with E-state index in [1.807, 2.05) is 6.92 Å². The fourth-order valence-corrected chi connectivity index (χ4v) is 5.67. The SMILES string of the molecule is Cc1nc2ccc(C#N)cn2c(=O)c1CCN1C[C@@H]2COc3ccc4ccccc4c3[C@@H]2C1.O=C(O)/C=C/C(=O)O. The van der Waals surface area contributed by atoms with Gasteiger partial charge in [0.1, 0.15) is 17.5 Å². The summed E-state index contributed by atoms with van der Waals surface area (Å²) in [6.07, 6.45) is 3.34. The molecule has 1 fully saturated rings. The summed E-state index contributed by atoms with van der Waals surface area (Å²) in [7, 11) is 0. The van der Waals surface area contributed by atoms with Gasteiger partial charge in [-0.25, -0.2) is 14.6 Å². The number of carbonyl (C=O) groups is 2. The van der Waals surface area contributed by atoms with Crippen LogP contribution < -0.4 is 10.3 Å². The number of benzene rings is 2. The number of ether oxygens (including phenoxy) is 1. The molecule has 0 spiro atoms. The third-order valence-electron chi connectivity index (χ3n) is 7.57. The number of likely N-dealkylation sites (tertiary alicyclic amines) is 1. The number of nitriles is 1. The lowest BCUT2D eigenvalue weighted by Crippen LogP contribution is -2.28. The highest BCUT2D eigenvalue weighted by Crippen LogP contribution is 2.45. The summed E-state index contributed by atoms with van der Waals surface area (Å²) in [5, 5.41) is 27.4. The molecule has 10 nitrogen and oxygen atoms in total. The molecule has 0 unspecified atom stereocenters. The molecule has 2 atom stereocenters. The average Bonchev–Trinajstić information content (AvgIpc) is 3.39. The first-order valence-electron chi connectivity index (χ1n) is 13.2. The van der Waals surface area contributed by atoms with Gasteiger partial charge in [0.2, 0.25) is 0 Å². The van der Waals surface area contributed by atoms with Crippen molar-refractivity contribution in [3.8, 4) is 11.8 Å². The van der Waals surface area contributed by atoms with Gasteiger partial charge in [0, 0.05) is 66.6 Å². The van der Waals surface area contributed by atoms with E-state index in [2.05, 4.69) is 52.4 Å². The zero-order chi connectivity index (χ0) is 29.1. The maximum atomic E-state index is 13.2. The highest BCUT2D eigenvalue weighted by Gasteiger charge is 2.39. The molecule has 41 heavy (non-hydrogen) atoms. The largest absolute Gasteiger partial charge is 0.493 e. The van der Waals surface area contributed by atoms with Crippen molar-refractivity contribution in [3.63, 3.8) is 0 Å². The third-order valence-corrected chi connectivity index (χ3v) is 7.57. The smallest absolute Gasteiger partial charge is 0.328 e. The number of nitrogens with zero attached hydrogens (tertiary/aromatic N) is 4. The van der Waals surface area contributed by atoms with Crippen LogP contribution in [-0.4, -0.2) is 62.7 Å². The van der Waals surface area contributed by atoms with Gasteiger partial charge in [-0.2, -0.15) is 5.26 Å². The third kappa shape index (κ3) is 5.81. The summed E-state index contributed by atoms with van der Waals surface area (Å²) in [5.41, 5.74) is 3.77. The lowest BCUT2D eigenvalue weighted by atomic mass is 9.84. The van der Waals surface area contributed by atoms with E-state index in [0.29, 0.717) is 41.6 Å². The van der Waals surface area contributed by atoms with Crippen LogP contribution in [0.25, 0.3) is 16.4 Å². The molecule has 6 rings (SSSR count). The van der Waals surface area contributed by atoms with Crippen molar-refractivity contribution in [2.75, 3.05) is 26.2 Å². The Morgan fingerprint density at radius 2 is 1.85 bits per heavy atom. The van der Waals surface area contributed by atoms with E-state index in [-0.39, 0.29) is 5.56 Å². The minimum Gasteiger partial charge on any atom is -0.493 e. The van der Waals surface area contributed by atoms with Crippen molar-refractivity contribution >= 4 is 28.4 Å². The summed E-state index contributed by atoms with van der Waals surface area (Å²) in [4.78, 5) is 39.3. The van der Waals surface area contributed by atoms with Gasteiger partial charge in [0.15, 0.2) is 0 Å². The normalized spacial score (nSPS) is 17.8. The minimum absolute atomic E-state index is 0.0779. The van der Waals surface area contributed by atoms with E-state index in [4.69, 9.17) is 14.9 Å². The summed E-state index contributed by atoms with van der Waals surface area (Å²) < 4.78 is 7.65. The van der Waals surface area contributed by atoms with E-state index in [0.717, 1.165) is 43.2 Å². The van der Waals surface area contributed by atoms with E-state index < -0.39 is 11.9 Å². The quantitative estimate of drug-likeness (QED) is 0.356. The number of rotatable bonds is 5. The van der Waals surface area contributed by atoms with E-state index in [1.54, 1.807) is 18.3 Å². The van der Waals surface area contributed by atoms with Gasteiger partial charge in [-0.05, 0) is 42.3 Å². The minimum atomic E-state index is -1.26. The van der Waals surface area contributed by atoms with Crippen LogP contribution in [0.5, 0.6) is 5.75 Å². The highest BCUT2D eigenvalue weighted by atomic mass is 16.5. The summed E-state index contributed by atoms with van der Waals surface area (Å²) in [6, 6.07) is 18.3. The molecule has 0 amide bonds. The van der Waals surface area contributed by atoms with Crippen LogP contribution in [-0.2, 0) is 16.0 Å².